The van der Waals surface area contributed by atoms with Crippen LogP contribution in [0.4, 0.5) is 0 Å². The van der Waals surface area contributed by atoms with Gasteiger partial charge in [0.15, 0.2) is 5.76 Å². The Kier molecular flexibility index (Phi) is 4.20. The van der Waals surface area contributed by atoms with Crippen LogP contribution in [0.5, 0.6) is 0 Å². The second kappa shape index (κ2) is 6.31. The van der Waals surface area contributed by atoms with Gasteiger partial charge in [-0.2, -0.15) is 5.10 Å². The number of nitrogens with zero attached hydrogens (tertiary/aromatic N) is 1. The average Bonchev–Trinajstić information content (AvgIpc) is 2.91. The van der Waals surface area contributed by atoms with Gasteiger partial charge in [0.1, 0.15) is 5.76 Å². The van der Waals surface area contributed by atoms with Crippen LogP contribution in [-0.4, -0.2) is 17.5 Å². The minimum absolute atomic E-state index is 0.166. The molecule has 3 N–H and O–H groups in total. The predicted octanol–water partition coefficient (Wildman–Crippen LogP) is 2.47. The van der Waals surface area contributed by atoms with Crippen LogP contribution in [0.2, 0.25) is 0 Å². The largest absolute Gasteiger partial charge is 0.455 e. The maximum Gasteiger partial charge on any atom is 0.284 e. The zero-order valence-corrected chi connectivity index (χ0v) is 13.7. The summed E-state index contributed by atoms with van der Waals surface area (Å²) in [6.07, 6.45) is 2.28. The minimum Gasteiger partial charge on any atom is -0.455 e. The third kappa shape index (κ3) is 2.95. The van der Waals surface area contributed by atoms with Crippen molar-refractivity contribution in [3.05, 3.63) is 58.0 Å². The fourth-order valence-corrected chi connectivity index (χ4v) is 2.90. The van der Waals surface area contributed by atoms with Crippen LogP contribution in [-0.2, 0) is 6.42 Å². The molecule has 2 amide bonds. The summed E-state index contributed by atoms with van der Waals surface area (Å²) in [6, 6.07) is 7.26. The van der Waals surface area contributed by atoms with Crippen molar-refractivity contribution in [1.82, 2.24) is 5.43 Å². The third-order valence-corrected chi connectivity index (χ3v) is 4.16. The van der Waals surface area contributed by atoms with Gasteiger partial charge in [-0.1, -0.05) is 17.7 Å². The van der Waals surface area contributed by atoms with Crippen LogP contribution < -0.4 is 11.2 Å². The molecule has 0 atom stereocenters. The molecular weight excluding hydrogens is 306 g/mol. The second-order valence-electron chi connectivity index (χ2n) is 5.94. The third-order valence-electron chi connectivity index (χ3n) is 4.16. The molecule has 24 heavy (non-hydrogen) atoms. The number of hydrogen-bond donors (Lipinski definition) is 2. The lowest BCUT2D eigenvalue weighted by Crippen LogP contribution is -2.22. The summed E-state index contributed by atoms with van der Waals surface area (Å²) in [5.41, 5.74) is 11.7. The van der Waals surface area contributed by atoms with Crippen LogP contribution >= 0.6 is 0 Å². The van der Waals surface area contributed by atoms with Crippen LogP contribution in [0.1, 0.15) is 56.2 Å². The van der Waals surface area contributed by atoms with Gasteiger partial charge in [-0.15, -0.1) is 0 Å². The molecule has 6 heteroatoms. The molecule has 3 rings (SSSR count). The van der Waals surface area contributed by atoms with E-state index >= 15 is 0 Å². The maximum absolute atomic E-state index is 12.2. The van der Waals surface area contributed by atoms with Gasteiger partial charge >= 0.3 is 0 Å². The van der Waals surface area contributed by atoms with E-state index < -0.39 is 5.91 Å². The van der Waals surface area contributed by atoms with E-state index in [0.717, 1.165) is 24.0 Å². The molecule has 1 aliphatic carbocycles. The molecule has 2 aromatic rings. The van der Waals surface area contributed by atoms with Crippen molar-refractivity contribution >= 4 is 17.5 Å². The van der Waals surface area contributed by atoms with Gasteiger partial charge in [-0.3, -0.25) is 9.59 Å². The Labute approximate surface area is 139 Å². The molecule has 0 unspecified atom stereocenters. The topological polar surface area (TPSA) is 97.7 Å². The molecule has 1 aliphatic rings. The molecule has 0 saturated carbocycles. The molecule has 0 bridgehead atoms. The number of hydrogen-bond acceptors (Lipinski definition) is 4. The van der Waals surface area contributed by atoms with E-state index in [-0.39, 0.29) is 11.7 Å². The number of primary amides is 1. The Balaban J connectivity index is 1.86. The van der Waals surface area contributed by atoms with Crippen LogP contribution in [0.25, 0.3) is 0 Å². The molecule has 124 valence electrons. The molecule has 1 heterocycles. The number of benzene rings is 1. The monoisotopic (exact) mass is 325 g/mol. The summed E-state index contributed by atoms with van der Waals surface area (Å²) in [6.45, 7) is 3.74. The van der Waals surface area contributed by atoms with E-state index in [1.165, 1.54) is 0 Å². The SMILES string of the molecule is Cc1ccc(C(=O)N/N=C2\CCCc3oc(C(N)=O)c(C)c32)cc1. The van der Waals surface area contributed by atoms with Crippen LogP contribution in [0.3, 0.4) is 0 Å². The quantitative estimate of drug-likeness (QED) is 0.848. The van der Waals surface area contributed by atoms with E-state index in [0.29, 0.717) is 29.0 Å². The second-order valence-corrected chi connectivity index (χ2v) is 5.94. The van der Waals surface area contributed by atoms with Gasteiger partial charge in [-0.25, -0.2) is 5.43 Å². The number of carbonyl (C=O) groups excluding carboxylic acids is 2. The van der Waals surface area contributed by atoms with Crippen LogP contribution in [0, 0.1) is 13.8 Å². The van der Waals surface area contributed by atoms with Gasteiger partial charge < -0.3 is 10.2 Å². The average molecular weight is 325 g/mol. The Morgan fingerprint density at radius 3 is 2.54 bits per heavy atom. The lowest BCUT2D eigenvalue weighted by Gasteiger charge is -2.13. The van der Waals surface area contributed by atoms with Crippen molar-refractivity contribution in [2.45, 2.75) is 33.1 Å². The van der Waals surface area contributed by atoms with Crippen molar-refractivity contribution < 1.29 is 14.0 Å². The molecule has 0 aliphatic heterocycles. The number of rotatable bonds is 3. The van der Waals surface area contributed by atoms with E-state index in [2.05, 4.69) is 10.5 Å². The zero-order valence-electron chi connectivity index (χ0n) is 13.7. The predicted molar refractivity (Wildman–Crippen MR) is 90.1 cm³/mol. The summed E-state index contributed by atoms with van der Waals surface area (Å²) in [4.78, 5) is 23.6. The van der Waals surface area contributed by atoms with Crippen molar-refractivity contribution in [3.8, 4) is 0 Å². The summed E-state index contributed by atoms with van der Waals surface area (Å²) < 4.78 is 5.57. The highest BCUT2D eigenvalue weighted by molar-refractivity contribution is 6.07. The van der Waals surface area contributed by atoms with Gasteiger partial charge in [0.25, 0.3) is 11.8 Å². The fraction of sp³-hybridized carbons (Fsp3) is 0.278. The van der Waals surface area contributed by atoms with E-state index in [1.807, 2.05) is 19.1 Å². The van der Waals surface area contributed by atoms with Crippen LogP contribution in [0.15, 0.2) is 33.8 Å². The number of fused-ring (bicyclic) bond motifs is 1. The Hall–Kier alpha value is -2.89. The molecule has 0 saturated heterocycles. The number of carbonyl (C=O) groups is 2. The fourth-order valence-electron chi connectivity index (χ4n) is 2.90. The number of nitrogens with one attached hydrogen (secondary N) is 1. The molecule has 6 nitrogen and oxygen atoms in total. The van der Waals surface area contributed by atoms with E-state index in [4.69, 9.17) is 10.2 Å². The first-order valence-corrected chi connectivity index (χ1v) is 7.83. The highest BCUT2D eigenvalue weighted by Crippen LogP contribution is 2.29. The standard InChI is InChI=1S/C18H19N3O3/c1-10-6-8-12(9-7-10)18(23)21-20-13-4-3-5-14-15(13)11(2)16(24-14)17(19)22/h6-9H,3-5H2,1-2H3,(H2,19,22)(H,21,23)/b20-13+. The Bertz CT molecular complexity index is 832. The van der Waals surface area contributed by atoms with Gasteiger partial charge in [0.05, 0.1) is 5.71 Å². The lowest BCUT2D eigenvalue weighted by molar-refractivity contribution is 0.0952. The molecule has 0 radical (unpaired) electrons. The summed E-state index contributed by atoms with van der Waals surface area (Å²) in [7, 11) is 0. The number of aryl methyl sites for hydroxylation is 2. The maximum atomic E-state index is 12.2. The molecule has 0 spiro atoms. The van der Waals surface area contributed by atoms with Crippen molar-refractivity contribution in [2.75, 3.05) is 0 Å². The van der Waals surface area contributed by atoms with E-state index in [9.17, 15) is 9.59 Å². The zero-order chi connectivity index (χ0) is 17.3. The van der Waals surface area contributed by atoms with Gasteiger partial charge in [0.2, 0.25) is 0 Å². The highest BCUT2D eigenvalue weighted by Gasteiger charge is 2.27. The van der Waals surface area contributed by atoms with Gasteiger partial charge in [0, 0.05) is 23.1 Å². The normalized spacial score (nSPS) is 15.2. The number of hydrazone groups is 1. The summed E-state index contributed by atoms with van der Waals surface area (Å²) >= 11 is 0. The molecule has 1 aromatic carbocycles. The molecular formula is C18H19N3O3. The smallest absolute Gasteiger partial charge is 0.284 e. The highest BCUT2D eigenvalue weighted by atomic mass is 16.4. The molecule has 1 aromatic heterocycles. The first kappa shape index (κ1) is 16.0. The van der Waals surface area contributed by atoms with Crippen molar-refractivity contribution in [3.63, 3.8) is 0 Å². The Morgan fingerprint density at radius 1 is 1.17 bits per heavy atom. The van der Waals surface area contributed by atoms with Gasteiger partial charge in [-0.05, 0) is 38.8 Å². The first-order valence-electron chi connectivity index (χ1n) is 7.83. The number of nitrogens with two attached hydrogens (primary N) is 1. The number of furan rings is 1. The first-order chi connectivity index (χ1) is 11.5. The van der Waals surface area contributed by atoms with Crippen molar-refractivity contribution in [1.29, 1.82) is 0 Å². The minimum atomic E-state index is -0.593. The lowest BCUT2D eigenvalue weighted by atomic mass is 9.93. The summed E-state index contributed by atoms with van der Waals surface area (Å²) in [5, 5.41) is 4.26. The Morgan fingerprint density at radius 2 is 1.88 bits per heavy atom. The molecule has 0 fully saturated rings. The number of amides is 2. The summed E-state index contributed by atoms with van der Waals surface area (Å²) in [5.74, 6) is 0.00573. The van der Waals surface area contributed by atoms with Crippen molar-refractivity contribution in [2.24, 2.45) is 10.8 Å². The van der Waals surface area contributed by atoms with E-state index in [1.54, 1.807) is 19.1 Å².